The van der Waals surface area contributed by atoms with Crippen LogP contribution in [-0.2, 0) is 19.3 Å². The van der Waals surface area contributed by atoms with Crippen LogP contribution < -0.4 is 5.73 Å². The van der Waals surface area contributed by atoms with Gasteiger partial charge in [0.2, 0.25) is 0 Å². The lowest BCUT2D eigenvalue weighted by Gasteiger charge is -2.12. The molecule has 0 bridgehead atoms. The largest absolute Gasteiger partial charge is 0.399 e. The maximum absolute atomic E-state index is 5.97. The lowest BCUT2D eigenvalue weighted by atomic mass is 9.95. The van der Waals surface area contributed by atoms with Gasteiger partial charge in [-0.05, 0) is 85.8 Å². The van der Waals surface area contributed by atoms with Gasteiger partial charge in [-0.15, -0.1) is 0 Å². The number of aryl methyl sites for hydroxylation is 3. The maximum Gasteiger partial charge on any atom is 0.0388 e. The summed E-state index contributed by atoms with van der Waals surface area (Å²) in [4.78, 5) is 4.93. The quantitative estimate of drug-likeness (QED) is 0.369. The minimum Gasteiger partial charge on any atom is -0.399 e. The van der Waals surface area contributed by atoms with Gasteiger partial charge in [0, 0.05) is 17.9 Å². The van der Waals surface area contributed by atoms with Gasteiger partial charge in [0.1, 0.15) is 0 Å². The zero-order valence-electron chi connectivity index (χ0n) is 17.0. The molecule has 0 saturated carbocycles. The molecule has 0 aliphatic heterocycles. The van der Waals surface area contributed by atoms with Crippen molar-refractivity contribution in [1.29, 1.82) is 0 Å². The van der Waals surface area contributed by atoms with E-state index in [1.807, 2.05) is 6.07 Å². The van der Waals surface area contributed by atoms with Crippen molar-refractivity contribution < 1.29 is 0 Å². The zero-order valence-corrected chi connectivity index (χ0v) is 17.0. The van der Waals surface area contributed by atoms with Crippen LogP contribution in [0.15, 0.2) is 47.5 Å². The number of benzene rings is 2. The molecule has 27 heavy (non-hydrogen) atoms. The molecule has 1 unspecified atom stereocenters. The predicted molar refractivity (Wildman–Crippen MR) is 118 cm³/mol. The first-order chi connectivity index (χ1) is 13.1. The Balaban J connectivity index is 1.37. The third-order valence-corrected chi connectivity index (χ3v) is 5.67. The number of nitrogen functional groups attached to an aromatic ring is 1. The lowest BCUT2D eigenvalue weighted by molar-refractivity contribution is 0.498. The Morgan fingerprint density at radius 1 is 0.963 bits per heavy atom. The highest BCUT2D eigenvalue weighted by atomic mass is 14.7. The van der Waals surface area contributed by atoms with Crippen molar-refractivity contribution in [3.05, 3.63) is 64.7 Å². The Labute approximate surface area is 164 Å². The smallest absolute Gasteiger partial charge is 0.0388 e. The van der Waals surface area contributed by atoms with E-state index in [2.05, 4.69) is 50.2 Å². The molecule has 2 nitrogen and oxygen atoms in total. The Morgan fingerprint density at radius 3 is 2.33 bits per heavy atom. The molecule has 0 aromatic heterocycles. The standard InChI is InChI=1S/C25H34N2/c1-19(15-21-16-20(2)17-24(26)18-21)7-5-6-14-27-25-12-10-22-8-3-4-9-23(22)11-13-25/h3-4,8-9,16-19H,5-7,10-15,26H2,1-2H3. The highest BCUT2D eigenvalue weighted by molar-refractivity contribution is 5.85. The average Bonchev–Trinajstić information content (AvgIpc) is 2.83. The summed E-state index contributed by atoms with van der Waals surface area (Å²) in [6, 6.07) is 15.3. The normalized spacial score (nSPS) is 15.1. The first-order valence-electron chi connectivity index (χ1n) is 10.5. The first-order valence-corrected chi connectivity index (χ1v) is 10.5. The predicted octanol–water partition coefficient (Wildman–Crippen LogP) is 5.95. The Bertz CT molecular complexity index is 726. The Morgan fingerprint density at radius 2 is 1.67 bits per heavy atom. The Hall–Kier alpha value is -2.09. The maximum atomic E-state index is 5.97. The molecule has 0 amide bonds. The number of aliphatic imine (C=N–C) groups is 1. The number of nitrogens with two attached hydrogens (primary N) is 1. The van der Waals surface area contributed by atoms with E-state index in [9.17, 15) is 0 Å². The number of rotatable bonds is 7. The van der Waals surface area contributed by atoms with E-state index in [0.717, 1.165) is 44.3 Å². The van der Waals surface area contributed by atoms with Crippen molar-refractivity contribution >= 4 is 11.4 Å². The summed E-state index contributed by atoms with van der Waals surface area (Å²) >= 11 is 0. The zero-order chi connectivity index (χ0) is 19.1. The molecule has 2 aromatic carbocycles. The van der Waals surface area contributed by atoms with Crippen molar-refractivity contribution in [3.63, 3.8) is 0 Å². The van der Waals surface area contributed by atoms with E-state index < -0.39 is 0 Å². The van der Waals surface area contributed by atoms with Crippen LogP contribution in [0.1, 0.15) is 61.3 Å². The molecule has 1 aliphatic carbocycles. The molecule has 2 heteroatoms. The third-order valence-electron chi connectivity index (χ3n) is 5.67. The van der Waals surface area contributed by atoms with Gasteiger partial charge in [-0.3, -0.25) is 4.99 Å². The van der Waals surface area contributed by atoms with E-state index in [0.29, 0.717) is 5.92 Å². The fraction of sp³-hybridized carbons (Fsp3) is 0.480. The molecule has 2 N–H and O–H groups in total. The number of unbranched alkanes of at least 4 members (excludes halogenated alkanes) is 1. The van der Waals surface area contributed by atoms with Crippen LogP contribution in [0.5, 0.6) is 0 Å². The minimum absolute atomic E-state index is 0.700. The second-order valence-electron chi connectivity index (χ2n) is 8.27. The van der Waals surface area contributed by atoms with Crippen LogP contribution in [0.3, 0.4) is 0 Å². The summed E-state index contributed by atoms with van der Waals surface area (Å²) in [5, 5.41) is 0. The number of hydrogen-bond acceptors (Lipinski definition) is 2. The summed E-state index contributed by atoms with van der Waals surface area (Å²) in [5.74, 6) is 0.700. The number of anilines is 1. The molecular formula is C25H34N2. The van der Waals surface area contributed by atoms with Gasteiger partial charge in [0.25, 0.3) is 0 Å². The molecular weight excluding hydrogens is 328 g/mol. The van der Waals surface area contributed by atoms with Gasteiger partial charge in [0.05, 0.1) is 0 Å². The van der Waals surface area contributed by atoms with Crippen molar-refractivity contribution in [2.45, 2.75) is 65.2 Å². The second kappa shape index (κ2) is 9.73. The van der Waals surface area contributed by atoms with E-state index in [4.69, 9.17) is 10.7 Å². The van der Waals surface area contributed by atoms with Crippen LogP contribution >= 0.6 is 0 Å². The highest BCUT2D eigenvalue weighted by Crippen LogP contribution is 2.20. The van der Waals surface area contributed by atoms with Gasteiger partial charge < -0.3 is 5.73 Å². The van der Waals surface area contributed by atoms with Crippen LogP contribution in [0.25, 0.3) is 0 Å². The molecule has 0 heterocycles. The number of fused-ring (bicyclic) bond motifs is 1. The van der Waals surface area contributed by atoms with Gasteiger partial charge >= 0.3 is 0 Å². The lowest BCUT2D eigenvalue weighted by Crippen LogP contribution is -2.03. The summed E-state index contributed by atoms with van der Waals surface area (Å²) in [5.41, 5.74) is 14.0. The van der Waals surface area contributed by atoms with Crippen LogP contribution in [0, 0.1) is 12.8 Å². The second-order valence-corrected chi connectivity index (χ2v) is 8.27. The van der Waals surface area contributed by atoms with Crippen molar-refractivity contribution in [1.82, 2.24) is 0 Å². The van der Waals surface area contributed by atoms with Gasteiger partial charge in [-0.1, -0.05) is 50.1 Å². The average molecular weight is 363 g/mol. The van der Waals surface area contributed by atoms with E-state index in [1.54, 1.807) is 0 Å². The van der Waals surface area contributed by atoms with E-state index in [-0.39, 0.29) is 0 Å². The van der Waals surface area contributed by atoms with Crippen LogP contribution in [0.4, 0.5) is 5.69 Å². The van der Waals surface area contributed by atoms with Gasteiger partial charge in [-0.25, -0.2) is 0 Å². The van der Waals surface area contributed by atoms with Crippen LogP contribution in [-0.4, -0.2) is 12.3 Å². The van der Waals surface area contributed by atoms with Crippen molar-refractivity contribution in [2.75, 3.05) is 12.3 Å². The van der Waals surface area contributed by atoms with Crippen molar-refractivity contribution in [2.24, 2.45) is 10.9 Å². The SMILES string of the molecule is Cc1cc(N)cc(CC(C)CCCCN=C2CCc3ccccc3CC2)c1. The minimum atomic E-state index is 0.700. The van der Waals surface area contributed by atoms with E-state index >= 15 is 0 Å². The third kappa shape index (κ3) is 6.23. The molecule has 0 fully saturated rings. The molecule has 1 aliphatic rings. The number of hydrogen-bond donors (Lipinski definition) is 1. The molecule has 0 radical (unpaired) electrons. The molecule has 3 rings (SSSR count). The molecule has 0 spiro atoms. The Kier molecular flexibility index (Phi) is 7.09. The number of nitrogens with zero attached hydrogens (tertiary/aromatic N) is 1. The van der Waals surface area contributed by atoms with Crippen LogP contribution in [0.2, 0.25) is 0 Å². The van der Waals surface area contributed by atoms with Gasteiger partial charge in [-0.2, -0.15) is 0 Å². The van der Waals surface area contributed by atoms with E-state index in [1.165, 1.54) is 47.2 Å². The summed E-state index contributed by atoms with van der Waals surface area (Å²) in [7, 11) is 0. The highest BCUT2D eigenvalue weighted by Gasteiger charge is 2.11. The van der Waals surface area contributed by atoms with Gasteiger partial charge in [0.15, 0.2) is 0 Å². The summed E-state index contributed by atoms with van der Waals surface area (Å²) < 4.78 is 0. The topological polar surface area (TPSA) is 38.4 Å². The van der Waals surface area contributed by atoms with Crippen molar-refractivity contribution in [3.8, 4) is 0 Å². The fourth-order valence-corrected chi connectivity index (χ4v) is 4.24. The summed E-state index contributed by atoms with van der Waals surface area (Å²) in [6.45, 7) is 5.47. The summed E-state index contributed by atoms with van der Waals surface area (Å²) in [6.07, 6.45) is 9.46. The monoisotopic (exact) mass is 362 g/mol. The fourth-order valence-electron chi connectivity index (χ4n) is 4.24. The molecule has 1 atom stereocenters. The molecule has 0 saturated heterocycles. The molecule has 144 valence electrons. The molecule has 2 aromatic rings. The first kappa shape index (κ1) is 19.7.